The zero-order valence-corrected chi connectivity index (χ0v) is 14.3. The number of hydrogen-bond acceptors (Lipinski definition) is 8. The molecule has 10 nitrogen and oxygen atoms in total. The lowest BCUT2D eigenvalue weighted by atomic mass is 10.1. The minimum atomic E-state index is -4.94. The number of aliphatic hydroxyl groups is 3. The Morgan fingerprint density at radius 2 is 1.77 bits per heavy atom. The molecule has 26 heavy (non-hydrogen) atoms. The van der Waals surface area contributed by atoms with Crippen LogP contribution in [0.2, 0.25) is 0 Å². The van der Waals surface area contributed by atoms with Crippen LogP contribution in [0.4, 0.5) is 0 Å². The fourth-order valence-electron chi connectivity index (χ4n) is 2.72. The maximum atomic E-state index is 11.5. The van der Waals surface area contributed by atoms with Crippen LogP contribution in [-0.2, 0) is 9.30 Å². The van der Waals surface area contributed by atoms with Crippen LogP contribution in [0.15, 0.2) is 33.5 Å². The molecule has 1 fully saturated rings. The van der Waals surface area contributed by atoms with Gasteiger partial charge in [-0.2, -0.15) is 0 Å². The Labute approximate surface area is 146 Å². The summed E-state index contributed by atoms with van der Waals surface area (Å²) in [4.78, 5) is 29.9. The number of benzene rings is 1. The second-order valence-electron chi connectivity index (χ2n) is 5.98. The van der Waals surface area contributed by atoms with E-state index in [2.05, 4.69) is 0 Å². The Balaban J connectivity index is 1.90. The average molecular weight is 388 g/mol. The molecule has 1 aliphatic rings. The van der Waals surface area contributed by atoms with Gasteiger partial charge >= 0.3 is 13.2 Å². The summed E-state index contributed by atoms with van der Waals surface area (Å²) in [5.41, 5.74) is 0.308. The second kappa shape index (κ2) is 6.75. The van der Waals surface area contributed by atoms with Gasteiger partial charge in [0, 0.05) is 17.5 Å². The van der Waals surface area contributed by atoms with Crippen LogP contribution < -0.4 is 10.4 Å². The molecule has 1 aliphatic heterocycles. The largest absolute Gasteiger partial charge is 0.462 e. The lowest BCUT2D eigenvalue weighted by Gasteiger charge is -2.40. The summed E-state index contributed by atoms with van der Waals surface area (Å²) in [6.07, 6.45) is -7.33. The number of fused-ring (bicyclic) bond motifs is 1. The molecule has 0 bridgehead atoms. The Kier molecular flexibility index (Phi) is 4.93. The van der Waals surface area contributed by atoms with Crippen molar-refractivity contribution in [3.63, 3.8) is 0 Å². The molecule has 0 aliphatic carbocycles. The van der Waals surface area contributed by atoms with Crippen molar-refractivity contribution in [1.29, 1.82) is 0 Å². The molecule has 1 saturated heterocycles. The molecule has 5 N–H and O–H groups in total. The van der Waals surface area contributed by atoms with Gasteiger partial charge < -0.3 is 39.0 Å². The van der Waals surface area contributed by atoms with Gasteiger partial charge in [0.05, 0.1) is 0 Å². The van der Waals surface area contributed by atoms with Gasteiger partial charge in [-0.15, -0.1) is 0 Å². The lowest BCUT2D eigenvalue weighted by Crippen LogP contribution is -2.58. The van der Waals surface area contributed by atoms with E-state index >= 15 is 0 Å². The molecule has 3 rings (SSSR count). The summed E-state index contributed by atoms with van der Waals surface area (Å²) in [5.74, 6) is -2.00. The second-order valence-corrected chi connectivity index (χ2v) is 7.67. The van der Waals surface area contributed by atoms with Crippen LogP contribution in [0.5, 0.6) is 5.75 Å². The Morgan fingerprint density at radius 3 is 2.42 bits per heavy atom. The van der Waals surface area contributed by atoms with E-state index < -0.39 is 43.7 Å². The van der Waals surface area contributed by atoms with Gasteiger partial charge in [-0.25, -0.2) is 4.79 Å². The van der Waals surface area contributed by atoms with Crippen LogP contribution in [0.1, 0.15) is 5.56 Å². The Bertz CT molecular complexity index is 918. The maximum Gasteiger partial charge on any atom is 0.357 e. The first-order chi connectivity index (χ1) is 12.1. The van der Waals surface area contributed by atoms with E-state index in [0.717, 1.165) is 0 Å². The van der Waals surface area contributed by atoms with E-state index in [1.165, 1.54) is 18.2 Å². The highest BCUT2D eigenvalue weighted by Gasteiger charge is 2.51. The van der Waals surface area contributed by atoms with Gasteiger partial charge in [-0.3, -0.25) is 4.57 Å². The molecule has 5 atom stereocenters. The molecule has 0 amide bonds. The van der Waals surface area contributed by atoms with Gasteiger partial charge in [0.25, 0.3) is 0 Å². The first-order valence-corrected chi connectivity index (χ1v) is 9.22. The fourth-order valence-corrected chi connectivity index (χ4v) is 3.57. The highest BCUT2D eigenvalue weighted by molar-refractivity contribution is 7.52. The average Bonchev–Trinajstić information content (AvgIpc) is 2.53. The van der Waals surface area contributed by atoms with Crippen molar-refractivity contribution in [3.05, 3.63) is 40.2 Å². The Morgan fingerprint density at radius 1 is 1.08 bits per heavy atom. The van der Waals surface area contributed by atoms with E-state index in [0.29, 0.717) is 10.9 Å². The first-order valence-electron chi connectivity index (χ1n) is 7.54. The first kappa shape index (κ1) is 19.0. The molecule has 1 aromatic carbocycles. The SMILES string of the molecule is Cc1cc(=O)oc2cc(O[C@@H]3O[C@H](P(=O)(O)O)[C@@H](O)[C@H](O)[C@H]3O)ccc12. The highest BCUT2D eigenvalue weighted by atomic mass is 31.2. The molecular formula is C15H17O10P. The molecular weight excluding hydrogens is 371 g/mol. The zero-order valence-electron chi connectivity index (χ0n) is 13.4. The summed E-state index contributed by atoms with van der Waals surface area (Å²) < 4.78 is 26.8. The van der Waals surface area contributed by atoms with E-state index in [1.54, 1.807) is 13.0 Å². The minimum Gasteiger partial charge on any atom is -0.462 e. The normalized spacial score (nSPS) is 29.7. The van der Waals surface area contributed by atoms with Crippen molar-refractivity contribution < 1.29 is 43.6 Å². The van der Waals surface area contributed by atoms with Crippen molar-refractivity contribution in [1.82, 2.24) is 0 Å². The number of rotatable bonds is 3. The number of hydrogen-bond donors (Lipinski definition) is 5. The van der Waals surface area contributed by atoms with Crippen LogP contribution >= 0.6 is 7.60 Å². The predicted molar refractivity (Wildman–Crippen MR) is 86.6 cm³/mol. The molecule has 0 spiro atoms. The van der Waals surface area contributed by atoms with Crippen LogP contribution in [0, 0.1) is 6.92 Å². The van der Waals surface area contributed by atoms with Gasteiger partial charge in [-0.05, 0) is 24.6 Å². The fraction of sp³-hybridized carbons (Fsp3) is 0.400. The van der Waals surface area contributed by atoms with E-state index in [-0.39, 0.29) is 11.3 Å². The summed E-state index contributed by atoms with van der Waals surface area (Å²) in [7, 11) is -4.94. The van der Waals surface area contributed by atoms with Gasteiger partial charge in [-0.1, -0.05) is 0 Å². The van der Waals surface area contributed by atoms with Crippen molar-refractivity contribution in [3.8, 4) is 5.75 Å². The minimum absolute atomic E-state index is 0.0587. The maximum absolute atomic E-state index is 11.5. The summed E-state index contributed by atoms with van der Waals surface area (Å²) in [6, 6.07) is 5.71. The molecule has 1 aromatic heterocycles. The van der Waals surface area contributed by atoms with Crippen molar-refractivity contribution in [2.45, 2.75) is 37.4 Å². The molecule has 0 saturated carbocycles. The quantitative estimate of drug-likeness (QED) is 0.339. The summed E-state index contributed by atoms with van der Waals surface area (Å²) in [6.45, 7) is 1.72. The third-order valence-corrected chi connectivity index (χ3v) is 5.14. The van der Waals surface area contributed by atoms with Gasteiger partial charge in [0.15, 0.2) is 5.85 Å². The smallest absolute Gasteiger partial charge is 0.357 e. The van der Waals surface area contributed by atoms with Crippen molar-refractivity contribution >= 4 is 18.6 Å². The zero-order chi connectivity index (χ0) is 19.2. The van der Waals surface area contributed by atoms with E-state index in [9.17, 15) is 34.5 Å². The molecule has 2 heterocycles. The predicted octanol–water partition coefficient (Wildman–Crippen LogP) is -0.577. The van der Waals surface area contributed by atoms with Gasteiger partial charge in [0.1, 0.15) is 29.6 Å². The van der Waals surface area contributed by atoms with Crippen molar-refractivity contribution in [2.75, 3.05) is 0 Å². The van der Waals surface area contributed by atoms with Crippen LogP contribution in [0.3, 0.4) is 0 Å². The molecule has 2 aromatic rings. The van der Waals surface area contributed by atoms with Crippen molar-refractivity contribution in [2.24, 2.45) is 0 Å². The third kappa shape index (κ3) is 3.53. The molecule has 142 valence electrons. The highest BCUT2D eigenvalue weighted by Crippen LogP contribution is 2.47. The topological polar surface area (TPSA) is 167 Å². The van der Waals surface area contributed by atoms with E-state index in [4.69, 9.17) is 13.9 Å². The summed E-state index contributed by atoms with van der Waals surface area (Å²) >= 11 is 0. The molecule has 11 heteroatoms. The lowest BCUT2D eigenvalue weighted by molar-refractivity contribution is -0.256. The van der Waals surface area contributed by atoms with Crippen LogP contribution in [-0.4, -0.2) is 55.6 Å². The monoisotopic (exact) mass is 388 g/mol. The molecule has 0 radical (unpaired) electrons. The number of aliphatic hydroxyl groups excluding tert-OH is 3. The van der Waals surface area contributed by atoms with Gasteiger partial charge in [0.2, 0.25) is 6.29 Å². The summed E-state index contributed by atoms with van der Waals surface area (Å²) in [5, 5.41) is 30.1. The van der Waals surface area contributed by atoms with Crippen LogP contribution in [0.25, 0.3) is 11.0 Å². The third-order valence-electron chi connectivity index (χ3n) is 4.05. The molecule has 0 unspecified atom stereocenters. The number of aryl methyl sites for hydroxylation is 1. The standard InChI is InChI=1S/C15H17O10P/c1-6-4-10(16)24-9-5-7(2-3-8(6)9)23-14-12(18)11(17)13(19)15(25-14)26(20,21)22/h2-5,11-15,17-19H,1H3,(H2,20,21,22)/t11-,12-,13+,14-,15-/m1/s1. The number of ether oxygens (including phenoxy) is 2. The Hall–Kier alpha value is -1.78. The van der Waals surface area contributed by atoms with E-state index in [1.807, 2.05) is 0 Å².